The highest BCUT2D eigenvalue weighted by molar-refractivity contribution is 7.86. The molecular weight excluding hydrogens is 206 g/mol. The molecule has 0 radical (unpaired) electrons. The van der Waals surface area contributed by atoms with Crippen molar-refractivity contribution >= 4 is 16.1 Å². The number of carbonyl (C=O) groups excluding carboxylic acids is 1. The van der Waals surface area contributed by atoms with Crippen molar-refractivity contribution < 1.29 is 13.2 Å². The van der Waals surface area contributed by atoms with Crippen LogP contribution in [0, 0.1) is 0 Å². The van der Waals surface area contributed by atoms with Gasteiger partial charge in [-0.1, -0.05) is 6.92 Å². The Balaban J connectivity index is 4.47. The van der Waals surface area contributed by atoms with E-state index in [1.54, 1.807) is 14.1 Å². The molecule has 0 aliphatic rings. The summed E-state index contributed by atoms with van der Waals surface area (Å²) < 4.78 is 23.0. The first-order chi connectivity index (χ1) is 6.29. The molecule has 84 valence electrons. The largest absolute Gasteiger partial charge is 0.348 e. The van der Waals surface area contributed by atoms with Crippen molar-refractivity contribution in [3.8, 4) is 0 Å². The van der Waals surface area contributed by atoms with E-state index in [1.165, 1.54) is 4.90 Å². The maximum atomic E-state index is 11.2. The van der Waals surface area contributed by atoms with Gasteiger partial charge >= 0.3 is 0 Å². The molecule has 7 heteroatoms. The zero-order chi connectivity index (χ0) is 11.4. The third-order valence-corrected chi connectivity index (χ3v) is 2.67. The van der Waals surface area contributed by atoms with E-state index in [4.69, 9.17) is 5.14 Å². The number of amides is 1. The van der Waals surface area contributed by atoms with Gasteiger partial charge in [-0.2, -0.15) is 12.7 Å². The van der Waals surface area contributed by atoms with Crippen LogP contribution in [-0.4, -0.2) is 50.7 Å². The lowest BCUT2D eigenvalue weighted by molar-refractivity contribution is -0.128. The Morgan fingerprint density at radius 1 is 1.36 bits per heavy atom. The van der Waals surface area contributed by atoms with Gasteiger partial charge in [-0.3, -0.25) is 4.79 Å². The zero-order valence-electron chi connectivity index (χ0n) is 8.73. The van der Waals surface area contributed by atoms with Crippen LogP contribution in [0.3, 0.4) is 0 Å². The molecule has 0 atom stereocenters. The summed E-state index contributed by atoms with van der Waals surface area (Å²) in [6.07, 6.45) is 0.622. The van der Waals surface area contributed by atoms with E-state index in [0.29, 0.717) is 6.42 Å². The summed E-state index contributed by atoms with van der Waals surface area (Å²) in [7, 11) is -0.640. The molecule has 2 N–H and O–H groups in total. The van der Waals surface area contributed by atoms with Crippen molar-refractivity contribution in [1.82, 2.24) is 9.21 Å². The highest BCUT2D eigenvalue weighted by Crippen LogP contribution is 1.97. The van der Waals surface area contributed by atoms with Gasteiger partial charge in [-0.25, -0.2) is 5.14 Å². The molecule has 0 rings (SSSR count). The molecule has 14 heavy (non-hydrogen) atoms. The molecule has 6 nitrogen and oxygen atoms in total. The minimum absolute atomic E-state index is 0.195. The number of nitrogens with zero attached hydrogens (tertiary/aromatic N) is 2. The molecule has 0 aromatic carbocycles. The fraction of sp³-hybridized carbons (Fsp3) is 0.857. The van der Waals surface area contributed by atoms with Crippen molar-refractivity contribution in [3.05, 3.63) is 0 Å². The molecule has 0 aromatic heterocycles. The highest BCUT2D eigenvalue weighted by atomic mass is 32.2. The monoisotopic (exact) mass is 223 g/mol. The van der Waals surface area contributed by atoms with Crippen LogP contribution in [0.25, 0.3) is 0 Å². The van der Waals surface area contributed by atoms with Gasteiger partial charge in [0, 0.05) is 20.6 Å². The SMILES string of the molecule is CCCN(CC(=O)N(C)C)S(N)(=O)=O. The lowest BCUT2D eigenvalue weighted by Crippen LogP contribution is -2.43. The minimum Gasteiger partial charge on any atom is -0.348 e. The third kappa shape index (κ3) is 4.54. The van der Waals surface area contributed by atoms with Gasteiger partial charge < -0.3 is 4.90 Å². The van der Waals surface area contributed by atoms with Crippen molar-refractivity contribution in [2.75, 3.05) is 27.2 Å². The van der Waals surface area contributed by atoms with Crippen molar-refractivity contribution in [3.63, 3.8) is 0 Å². The smallest absolute Gasteiger partial charge is 0.277 e. The molecule has 0 unspecified atom stereocenters. The summed E-state index contributed by atoms with van der Waals surface area (Å²) in [5, 5.41) is 4.94. The van der Waals surface area contributed by atoms with Crippen LogP contribution in [0.2, 0.25) is 0 Å². The molecular formula is C7H17N3O3S. The molecule has 0 aliphatic heterocycles. The maximum absolute atomic E-state index is 11.2. The second kappa shape index (κ2) is 5.28. The molecule has 0 aliphatic carbocycles. The average molecular weight is 223 g/mol. The van der Waals surface area contributed by atoms with E-state index in [1.807, 2.05) is 6.92 Å². The fourth-order valence-electron chi connectivity index (χ4n) is 0.838. The van der Waals surface area contributed by atoms with Crippen LogP contribution in [0.4, 0.5) is 0 Å². The summed E-state index contributed by atoms with van der Waals surface area (Å²) in [6, 6.07) is 0. The van der Waals surface area contributed by atoms with Crippen LogP contribution >= 0.6 is 0 Å². The quantitative estimate of drug-likeness (QED) is 0.648. The normalized spacial score (nSPS) is 11.8. The van der Waals surface area contributed by atoms with Gasteiger partial charge in [-0.15, -0.1) is 0 Å². The molecule has 0 saturated carbocycles. The minimum atomic E-state index is -3.77. The lowest BCUT2D eigenvalue weighted by atomic mass is 10.4. The van der Waals surface area contributed by atoms with E-state index in [2.05, 4.69) is 0 Å². The summed E-state index contributed by atoms with van der Waals surface area (Å²) >= 11 is 0. The Morgan fingerprint density at radius 2 is 1.86 bits per heavy atom. The van der Waals surface area contributed by atoms with Gasteiger partial charge in [0.05, 0.1) is 6.54 Å². The van der Waals surface area contributed by atoms with Crippen LogP contribution in [0.1, 0.15) is 13.3 Å². The Morgan fingerprint density at radius 3 is 2.14 bits per heavy atom. The molecule has 0 bridgehead atoms. The Labute approximate surface area is 84.8 Å². The molecule has 0 heterocycles. The average Bonchev–Trinajstić information content (AvgIpc) is 2.01. The number of nitrogens with two attached hydrogens (primary N) is 1. The van der Waals surface area contributed by atoms with Crippen LogP contribution in [0.5, 0.6) is 0 Å². The maximum Gasteiger partial charge on any atom is 0.277 e. The van der Waals surface area contributed by atoms with Crippen LogP contribution in [0.15, 0.2) is 0 Å². The number of likely N-dealkylation sites (N-methyl/N-ethyl adjacent to an activating group) is 1. The Bertz CT molecular complexity index is 287. The molecule has 0 saturated heterocycles. The zero-order valence-corrected chi connectivity index (χ0v) is 9.54. The summed E-state index contributed by atoms with van der Waals surface area (Å²) in [4.78, 5) is 12.6. The number of hydrogen-bond acceptors (Lipinski definition) is 3. The van der Waals surface area contributed by atoms with Crippen LogP contribution in [-0.2, 0) is 15.0 Å². The van der Waals surface area contributed by atoms with Gasteiger partial charge in [-0.05, 0) is 6.42 Å². The van der Waals surface area contributed by atoms with Crippen molar-refractivity contribution in [2.45, 2.75) is 13.3 Å². The van der Waals surface area contributed by atoms with Crippen LogP contribution < -0.4 is 5.14 Å². The van der Waals surface area contributed by atoms with Gasteiger partial charge in [0.1, 0.15) is 0 Å². The molecule has 0 spiro atoms. The van der Waals surface area contributed by atoms with E-state index < -0.39 is 10.2 Å². The fourth-order valence-corrected chi connectivity index (χ4v) is 1.57. The predicted molar refractivity (Wildman–Crippen MR) is 53.7 cm³/mol. The van der Waals surface area contributed by atoms with E-state index >= 15 is 0 Å². The highest BCUT2D eigenvalue weighted by Gasteiger charge is 2.20. The summed E-state index contributed by atoms with van der Waals surface area (Å²) in [5.41, 5.74) is 0. The van der Waals surface area contributed by atoms with E-state index in [9.17, 15) is 13.2 Å². The van der Waals surface area contributed by atoms with Crippen molar-refractivity contribution in [2.24, 2.45) is 5.14 Å². The first kappa shape index (κ1) is 13.3. The number of rotatable bonds is 5. The topological polar surface area (TPSA) is 83.7 Å². The third-order valence-electron chi connectivity index (χ3n) is 1.64. The van der Waals surface area contributed by atoms with E-state index in [-0.39, 0.29) is 19.0 Å². The molecule has 0 fully saturated rings. The Kier molecular flexibility index (Phi) is 5.03. The van der Waals surface area contributed by atoms with Gasteiger partial charge in [0.15, 0.2) is 0 Å². The second-order valence-corrected chi connectivity index (χ2v) is 4.71. The number of carbonyl (C=O) groups is 1. The first-order valence-electron chi connectivity index (χ1n) is 4.27. The van der Waals surface area contributed by atoms with Gasteiger partial charge in [0.2, 0.25) is 5.91 Å². The Hall–Kier alpha value is -0.660. The van der Waals surface area contributed by atoms with E-state index in [0.717, 1.165) is 4.31 Å². The number of hydrogen-bond donors (Lipinski definition) is 1. The first-order valence-corrected chi connectivity index (χ1v) is 5.77. The summed E-state index contributed by atoms with van der Waals surface area (Å²) in [6.45, 7) is 1.89. The predicted octanol–water partition coefficient (Wildman–Crippen LogP) is -1.01. The lowest BCUT2D eigenvalue weighted by Gasteiger charge is -2.20. The second-order valence-electron chi connectivity index (χ2n) is 3.17. The molecule has 0 aromatic rings. The van der Waals surface area contributed by atoms with Gasteiger partial charge in [0.25, 0.3) is 10.2 Å². The van der Waals surface area contributed by atoms with Crippen molar-refractivity contribution in [1.29, 1.82) is 0 Å². The summed E-state index contributed by atoms with van der Waals surface area (Å²) in [5.74, 6) is -0.285. The standard InChI is InChI=1S/C7H17N3O3S/c1-4-5-10(14(8,12)13)6-7(11)9(2)3/h4-6H2,1-3H3,(H2,8,12,13). The molecule has 1 amide bonds.